The molecule has 0 aromatic carbocycles. The molecule has 30 heavy (non-hydrogen) atoms. The number of pyridine rings is 1. The Hall–Kier alpha value is -1.82. The lowest BCUT2D eigenvalue weighted by Crippen LogP contribution is -1.99. The maximum Gasteiger partial charge on any atom is 0.368 e. The van der Waals surface area contributed by atoms with Gasteiger partial charge in [-0.25, -0.2) is 4.98 Å². The van der Waals surface area contributed by atoms with E-state index in [0.29, 0.717) is 5.65 Å². The molecule has 0 aliphatic heterocycles. The maximum absolute atomic E-state index is 11.0. The summed E-state index contributed by atoms with van der Waals surface area (Å²) < 4.78 is 6.37. The van der Waals surface area contributed by atoms with Crippen molar-refractivity contribution in [3.63, 3.8) is 0 Å². The molecule has 3 rings (SSSR count). The molecular weight excluding hydrogens is 442 g/mol. The molecule has 0 unspecified atom stereocenters. The molecule has 3 aromatic rings. The lowest BCUT2D eigenvalue weighted by molar-refractivity contribution is -0.391. The Kier molecular flexibility index (Phi) is 8.79. The minimum absolute atomic E-state index is 0.118. The van der Waals surface area contributed by atoms with E-state index in [9.17, 15) is 10.1 Å². The van der Waals surface area contributed by atoms with Crippen LogP contribution in [-0.2, 0) is 10.5 Å². The molecule has 3 aromatic heterocycles. The Bertz CT molecular complexity index is 999. The van der Waals surface area contributed by atoms with Gasteiger partial charge < -0.3 is 14.9 Å². The molecule has 0 saturated heterocycles. The fourth-order valence-corrected chi connectivity index (χ4v) is 5.53. The van der Waals surface area contributed by atoms with Crippen LogP contribution in [0.2, 0.25) is 0 Å². The topological polar surface area (TPSA) is 95.5 Å². The number of imidazole rings is 1. The van der Waals surface area contributed by atoms with Crippen LogP contribution in [0.5, 0.6) is 0 Å². The highest BCUT2D eigenvalue weighted by Gasteiger charge is 2.16. The third-order valence-electron chi connectivity index (χ3n) is 4.23. The van der Waals surface area contributed by atoms with Crippen molar-refractivity contribution >= 4 is 46.8 Å². The third-order valence-corrected chi connectivity index (χ3v) is 7.42. The van der Waals surface area contributed by atoms with Crippen molar-refractivity contribution in [1.82, 2.24) is 19.6 Å². The smallest absolute Gasteiger partial charge is 0.368 e. The largest absolute Gasteiger partial charge is 0.384 e. The number of rotatable bonds is 12. The summed E-state index contributed by atoms with van der Waals surface area (Å²) in [5.41, 5.74) is 2.86. The van der Waals surface area contributed by atoms with E-state index in [1.807, 2.05) is 35.8 Å². The molecule has 0 aliphatic rings. The molecule has 0 bridgehead atoms. The molecule has 160 valence electrons. The van der Waals surface area contributed by atoms with E-state index in [0.717, 1.165) is 46.8 Å². The molecule has 8 nitrogen and oxygen atoms in total. The number of ether oxygens (including phenoxy) is 1. The molecule has 3 heterocycles. The van der Waals surface area contributed by atoms with Crippen LogP contribution in [0, 0.1) is 17.0 Å². The van der Waals surface area contributed by atoms with Gasteiger partial charge in [-0.05, 0) is 41.7 Å². The van der Waals surface area contributed by atoms with Gasteiger partial charge in [-0.1, -0.05) is 9.61 Å². The summed E-state index contributed by atoms with van der Waals surface area (Å²) in [6.45, 7) is 2.89. The number of fused-ring (bicyclic) bond motifs is 1. The monoisotopic (exact) mass is 465 g/mol. The molecule has 0 fully saturated rings. The highest BCUT2D eigenvalue weighted by molar-refractivity contribution is 8.00. The number of nitro groups is 1. The molecule has 0 amide bonds. The van der Waals surface area contributed by atoms with Gasteiger partial charge in [-0.3, -0.25) is 4.98 Å². The summed E-state index contributed by atoms with van der Waals surface area (Å²) in [6, 6.07) is 5.68. The van der Waals surface area contributed by atoms with Crippen LogP contribution in [0.25, 0.3) is 5.65 Å². The molecule has 0 atom stereocenters. The van der Waals surface area contributed by atoms with Crippen molar-refractivity contribution in [1.29, 1.82) is 0 Å². The number of nitrogens with zero attached hydrogens (tertiary/aromatic N) is 5. The quantitative estimate of drug-likeness (QED) is 0.166. The summed E-state index contributed by atoms with van der Waals surface area (Å²) in [7, 11) is 1.72. The van der Waals surface area contributed by atoms with Crippen molar-refractivity contribution < 1.29 is 9.66 Å². The van der Waals surface area contributed by atoms with E-state index < -0.39 is 4.92 Å². The van der Waals surface area contributed by atoms with Crippen LogP contribution in [0.15, 0.2) is 40.5 Å². The molecular formula is C19H23N5O3S3. The molecule has 0 aliphatic carbocycles. The zero-order chi connectivity index (χ0) is 21.3. The van der Waals surface area contributed by atoms with Crippen LogP contribution in [0.4, 0.5) is 5.82 Å². The van der Waals surface area contributed by atoms with Crippen molar-refractivity contribution in [3.8, 4) is 0 Å². The first kappa shape index (κ1) is 22.9. The number of aromatic nitrogens is 4. The number of hydrogen-bond acceptors (Lipinski definition) is 9. The van der Waals surface area contributed by atoms with Crippen LogP contribution >= 0.6 is 35.3 Å². The highest BCUT2D eigenvalue weighted by atomic mass is 32.2. The zero-order valence-corrected chi connectivity index (χ0v) is 19.3. The van der Waals surface area contributed by atoms with Crippen LogP contribution in [0.1, 0.15) is 17.7 Å². The number of thioether (sulfide) groups is 3. The van der Waals surface area contributed by atoms with Crippen LogP contribution < -0.4 is 0 Å². The van der Waals surface area contributed by atoms with Gasteiger partial charge in [0.05, 0.1) is 12.3 Å². The molecule has 0 N–H and O–H groups in total. The molecule has 0 spiro atoms. The predicted molar refractivity (Wildman–Crippen MR) is 123 cm³/mol. The van der Waals surface area contributed by atoms with E-state index in [2.05, 4.69) is 28.1 Å². The average Bonchev–Trinajstić information content (AvgIpc) is 3.16. The van der Waals surface area contributed by atoms with E-state index in [1.165, 1.54) is 21.2 Å². The Balaban J connectivity index is 1.47. The minimum Gasteiger partial charge on any atom is -0.384 e. The lowest BCUT2D eigenvalue weighted by Gasteiger charge is -2.10. The Morgan fingerprint density at radius 2 is 2.00 bits per heavy atom. The van der Waals surface area contributed by atoms with Crippen LogP contribution in [0.3, 0.4) is 0 Å². The van der Waals surface area contributed by atoms with Crippen molar-refractivity contribution in [2.45, 2.75) is 29.0 Å². The summed E-state index contributed by atoms with van der Waals surface area (Å²) in [6.07, 6.45) is 4.11. The van der Waals surface area contributed by atoms with Crippen LogP contribution in [-0.4, -0.2) is 55.5 Å². The van der Waals surface area contributed by atoms with E-state index >= 15 is 0 Å². The van der Waals surface area contributed by atoms with Crippen molar-refractivity contribution in [3.05, 3.63) is 52.0 Å². The standard InChI is InChI=1S/C19H23N5O3S3/c1-14-15(13-28-11-8-27-2)20-7-6-16(14)29-9-3-10-30-18-5-4-17-21-12-19(24(25)26)23(17)22-18/h4-7,12H,3,8-11,13H2,1-2H3. The van der Waals surface area contributed by atoms with Crippen molar-refractivity contribution in [2.75, 3.05) is 31.0 Å². The summed E-state index contributed by atoms with van der Waals surface area (Å²) in [4.78, 5) is 20.4. The highest BCUT2D eigenvalue weighted by Crippen LogP contribution is 2.27. The van der Waals surface area contributed by atoms with E-state index in [1.54, 1.807) is 24.9 Å². The van der Waals surface area contributed by atoms with Gasteiger partial charge in [0, 0.05) is 41.5 Å². The summed E-state index contributed by atoms with van der Waals surface area (Å²) >= 11 is 5.26. The first-order valence-corrected chi connectivity index (χ1v) is 12.5. The Morgan fingerprint density at radius 3 is 2.80 bits per heavy atom. The fraction of sp³-hybridized carbons (Fsp3) is 0.421. The summed E-state index contributed by atoms with van der Waals surface area (Å²) in [5.74, 6) is 3.62. The van der Waals surface area contributed by atoms with Gasteiger partial charge in [-0.2, -0.15) is 11.8 Å². The predicted octanol–water partition coefficient (Wildman–Crippen LogP) is 4.50. The van der Waals surface area contributed by atoms with Crippen molar-refractivity contribution in [2.24, 2.45) is 0 Å². The fourth-order valence-electron chi connectivity index (χ4n) is 2.64. The number of methoxy groups -OCH3 is 1. The Morgan fingerprint density at radius 1 is 1.17 bits per heavy atom. The first-order valence-electron chi connectivity index (χ1n) is 9.36. The zero-order valence-electron chi connectivity index (χ0n) is 16.8. The Labute approximate surface area is 187 Å². The second-order valence-electron chi connectivity index (χ2n) is 6.29. The molecule has 0 saturated carbocycles. The SMILES string of the molecule is COCCSCc1nccc(SCCCSc2ccc3ncc([N+](=O)[O-])n3n2)c1C. The average molecular weight is 466 g/mol. The molecule has 11 heteroatoms. The second-order valence-corrected chi connectivity index (χ2v) is 9.65. The first-order chi connectivity index (χ1) is 14.6. The van der Waals surface area contributed by atoms with Gasteiger partial charge in [0.1, 0.15) is 11.2 Å². The van der Waals surface area contributed by atoms with E-state index in [4.69, 9.17) is 4.74 Å². The normalized spacial score (nSPS) is 11.3. The van der Waals surface area contributed by atoms with Gasteiger partial charge >= 0.3 is 5.82 Å². The summed E-state index contributed by atoms with van der Waals surface area (Å²) in [5, 5.41) is 16.1. The van der Waals surface area contributed by atoms with Gasteiger partial charge in [0.15, 0.2) is 0 Å². The third kappa shape index (κ3) is 6.10. The minimum atomic E-state index is -0.473. The molecule has 0 radical (unpaired) electrons. The van der Waals surface area contributed by atoms with Gasteiger partial charge in [-0.15, -0.1) is 23.5 Å². The lowest BCUT2D eigenvalue weighted by atomic mass is 10.2. The van der Waals surface area contributed by atoms with E-state index in [-0.39, 0.29) is 5.82 Å². The maximum atomic E-state index is 11.0. The van der Waals surface area contributed by atoms with Gasteiger partial charge in [0.2, 0.25) is 5.65 Å². The number of hydrogen-bond donors (Lipinski definition) is 0. The van der Waals surface area contributed by atoms with Gasteiger partial charge in [0.25, 0.3) is 0 Å². The second kappa shape index (κ2) is 11.5.